The average molecular weight is 347 g/mol. The van der Waals surface area contributed by atoms with Crippen molar-refractivity contribution in [2.45, 2.75) is 26.8 Å². The number of esters is 1. The minimum atomic E-state index is -0.803. The number of hydrogen-bond donors (Lipinski definition) is 1. The summed E-state index contributed by atoms with van der Waals surface area (Å²) in [6, 6.07) is 4.65. The average Bonchev–Trinajstić information content (AvgIpc) is 2.57. The first-order valence-electron chi connectivity index (χ1n) is 7.88. The van der Waals surface area contributed by atoms with Gasteiger partial charge in [0.25, 0.3) is 5.69 Å². The zero-order valence-electron chi connectivity index (χ0n) is 14.6. The van der Waals surface area contributed by atoms with Gasteiger partial charge in [-0.05, 0) is 18.4 Å². The normalized spacial score (nSPS) is 17.6. The summed E-state index contributed by atoms with van der Waals surface area (Å²) in [4.78, 5) is 36.5. The fourth-order valence-electron chi connectivity index (χ4n) is 2.49. The number of rotatable bonds is 5. The second-order valence-corrected chi connectivity index (χ2v) is 6.29. The van der Waals surface area contributed by atoms with Gasteiger partial charge in [0.2, 0.25) is 0 Å². The Hall–Kier alpha value is -2.90. The van der Waals surface area contributed by atoms with E-state index in [9.17, 15) is 19.7 Å². The van der Waals surface area contributed by atoms with Crippen LogP contribution in [0.15, 0.2) is 35.5 Å². The maximum atomic E-state index is 12.6. The summed E-state index contributed by atoms with van der Waals surface area (Å²) in [5.41, 5.74) is 1.06. The lowest BCUT2D eigenvalue weighted by atomic mass is 9.94. The molecule has 0 saturated heterocycles. The molecule has 1 aliphatic rings. The quantitative estimate of drug-likeness (QED) is 0.501. The molecule has 1 aromatic rings. The standard InChI is InChI=1S/C17H21N3O5/c1-10(2)9-25-16(21)14-11(3)19(4)17(22)18-15(14)12-6-5-7-13(8-12)20(23)24/h5-8,10,15H,9H2,1-4H3,(H,18,22). The molecule has 1 N–H and O–H groups in total. The summed E-state index contributed by atoms with van der Waals surface area (Å²) in [6.07, 6.45) is 0. The number of nitrogens with one attached hydrogen (secondary N) is 1. The number of benzene rings is 1. The Balaban J connectivity index is 2.46. The molecule has 0 bridgehead atoms. The number of urea groups is 1. The van der Waals surface area contributed by atoms with Crippen molar-refractivity contribution in [3.63, 3.8) is 0 Å². The Morgan fingerprint density at radius 1 is 1.44 bits per heavy atom. The number of non-ortho nitro benzene ring substituents is 1. The highest BCUT2D eigenvalue weighted by Crippen LogP contribution is 2.32. The van der Waals surface area contributed by atoms with E-state index in [4.69, 9.17) is 4.74 Å². The van der Waals surface area contributed by atoms with Crippen molar-refractivity contribution in [1.29, 1.82) is 0 Å². The van der Waals surface area contributed by atoms with Crippen molar-refractivity contribution < 1.29 is 19.2 Å². The second-order valence-electron chi connectivity index (χ2n) is 6.29. The van der Waals surface area contributed by atoms with E-state index in [1.807, 2.05) is 13.8 Å². The van der Waals surface area contributed by atoms with Crippen molar-refractivity contribution in [1.82, 2.24) is 10.2 Å². The zero-order valence-corrected chi connectivity index (χ0v) is 14.6. The van der Waals surface area contributed by atoms with E-state index in [-0.39, 0.29) is 23.8 Å². The summed E-state index contributed by atoms with van der Waals surface area (Å²) in [5.74, 6) is -0.383. The van der Waals surface area contributed by atoms with Crippen molar-refractivity contribution >= 4 is 17.7 Å². The molecule has 8 heteroatoms. The first-order valence-corrected chi connectivity index (χ1v) is 7.88. The van der Waals surface area contributed by atoms with E-state index in [2.05, 4.69) is 5.32 Å². The molecule has 2 rings (SSSR count). The van der Waals surface area contributed by atoms with Crippen molar-refractivity contribution in [3.05, 3.63) is 51.2 Å². The second kappa shape index (κ2) is 7.33. The molecule has 25 heavy (non-hydrogen) atoms. The predicted molar refractivity (Wildman–Crippen MR) is 90.6 cm³/mol. The molecule has 0 aromatic heterocycles. The third kappa shape index (κ3) is 3.96. The molecule has 1 unspecified atom stereocenters. The van der Waals surface area contributed by atoms with E-state index in [1.54, 1.807) is 20.0 Å². The number of carbonyl (C=O) groups is 2. The Bertz CT molecular complexity index is 742. The molecule has 134 valence electrons. The molecule has 0 aliphatic carbocycles. The van der Waals surface area contributed by atoms with Crippen LogP contribution in [0.1, 0.15) is 32.4 Å². The number of ether oxygens (including phenoxy) is 1. The van der Waals surface area contributed by atoms with E-state index >= 15 is 0 Å². The van der Waals surface area contributed by atoms with Crippen LogP contribution < -0.4 is 5.32 Å². The van der Waals surface area contributed by atoms with Crippen LogP contribution in [0.5, 0.6) is 0 Å². The first-order chi connectivity index (χ1) is 11.7. The highest BCUT2D eigenvalue weighted by Gasteiger charge is 2.35. The summed E-state index contributed by atoms with van der Waals surface area (Å²) >= 11 is 0. The van der Waals surface area contributed by atoms with Gasteiger partial charge in [-0.25, -0.2) is 9.59 Å². The molecule has 1 heterocycles. The van der Waals surface area contributed by atoms with Gasteiger partial charge in [-0.3, -0.25) is 10.1 Å². The van der Waals surface area contributed by atoms with Crippen molar-refractivity contribution in [2.75, 3.05) is 13.7 Å². The highest BCUT2D eigenvalue weighted by molar-refractivity contribution is 5.95. The van der Waals surface area contributed by atoms with Crippen molar-refractivity contribution in [3.8, 4) is 0 Å². The van der Waals surface area contributed by atoms with Crippen LogP contribution >= 0.6 is 0 Å². The molecular weight excluding hydrogens is 326 g/mol. The number of nitro groups is 1. The van der Waals surface area contributed by atoms with Crippen LogP contribution in [0.3, 0.4) is 0 Å². The van der Waals surface area contributed by atoms with Gasteiger partial charge in [0, 0.05) is 24.9 Å². The number of amides is 2. The Morgan fingerprint density at radius 2 is 2.12 bits per heavy atom. The van der Waals surface area contributed by atoms with Gasteiger partial charge in [0.1, 0.15) is 0 Å². The van der Waals surface area contributed by atoms with Crippen LogP contribution in [0.2, 0.25) is 0 Å². The van der Waals surface area contributed by atoms with Gasteiger partial charge in [-0.15, -0.1) is 0 Å². The zero-order chi connectivity index (χ0) is 18.7. The fraction of sp³-hybridized carbons (Fsp3) is 0.412. The molecule has 2 amide bonds. The lowest BCUT2D eigenvalue weighted by molar-refractivity contribution is -0.384. The smallest absolute Gasteiger partial charge is 0.338 e. The third-order valence-corrected chi connectivity index (χ3v) is 3.94. The van der Waals surface area contributed by atoms with E-state index in [0.29, 0.717) is 11.3 Å². The topological polar surface area (TPSA) is 102 Å². The summed E-state index contributed by atoms with van der Waals surface area (Å²) in [6.45, 7) is 5.73. The molecule has 1 aromatic carbocycles. The number of allylic oxidation sites excluding steroid dienone is 1. The molecule has 0 saturated carbocycles. The van der Waals surface area contributed by atoms with E-state index in [0.717, 1.165) is 0 Å². The largest absolute Gasteiger partial charge is 0.462 e. The number of carbonyl (C=O) groups excluding carboxylic acids is 2. The van der Waals surface area contributed by atoms with Gasteiger partial charge in [0.05, 0.1) is 23.1 Å². The van der Waals surface area contributed by atoms with Gasteiger partial charge >= 0.3 is 12.0 Å². The highest BCUT2D eigenvalue weighted by atomic mass is 16.6. The lowest BCUT2D eigenvalue weighted by Gasteiger charge is -2.33. The molecule has 0 fully saturated rings. The molecule has 8 nitrogen and oxygen atoms in total. The molecular formula is C17H21N3O5. The summed E-state index contributed by atoms with van der Waals surface area (Å²) in [5, 5.41) is 13.7. The van der Waals surface area contributed by atoms with Crippen LogP contribution in [-0.4, -0.2) is 35.5 Å². The van der Waals surface area contributed by atoms with Crippen molar-refractivity contribution in [2.24, 2.45) is 5.92 Å². The van der Waals surface area contributed by atoms with E-state index < -0.39 is 23.0 Å². The number of hydrogen-bond acceptors (Lipinski definition) is 5. The molecule has 1 aliphatic heterocycles. The van der Waals surface area contributed by atoms with Crippen LogP contribution in [0, 0.1) is 16.0 Å². The minimum Gasteiger partial charge on any atom is -0.462 e. The summed E-state index contributed by atoms with van der Waals surface area (Å²) in [7, 11) is 1.55. The molecule has 1 atom stereocenters. The summed E-state index contributed by atoms with van der Waals surface area (Å²) < 4.78 is 5.32. The third-order valence-electron chi connectivity index (χ3n) is 3.94. The van der Waals surface area contributed by atoms with Gasteiger partial charge in [0.15, 0.2) is 0 Å². The molecule has 0 radical (unpaired) electrons. The van der Waals surface area contributed by atoms with E-state index in [1.165, 1.54) is 23.1 Å². The van der Waals surface area contributed by atoms with Crippen LogP contribution in [0.4, 0.5) is 10.5 Å². The van der Waals surface area contributed by atoms with Gasteiger partial charge < -0.3 is 15.0 Å². The Morgan fingerprint density at radius 3 is 2.72 bits per heavy atom. The number of nitrogens with zero attached hydrogens (tertiary/aromatic N) is 2. The Kier molecular flexibility index (Phi) is 5.41. The molecule has 0 spiro atoms. The Labute approximate surface area is 145 Å². The van der Waals surface area contributed by atoms with Crippen LogP contribution in [0.25, 0.3) is 0 Å². The predicted octanol–water partition coefficient (Wildman–Crippen LogP) is 2.76. The lowest BCUT2D eigenvalue weighted by Crippen LogP contribution is -2.46. The first kappa shape index (κ1) is 18.4. The maximum Gasteiger partial charge on any atom is 0.338 e. The van der Waals surface area contributed by atoms with Gasteiger partial charge in [-0.1, -0.05) is 26.0 Å². The fourth-order valence-corrected chi connectivity index (χ4v) is 2.49. The minimum absolute atomic E-state index is 0.113. The monoisotopic (exact) mass is 347 g/mol. The van der Waals surface area contributed by atoms with Gasteiger partial charge in [-0.2, -0.15) is 0 Å². The number of nitro benzene ring substituents is 1. The maximum absolute atomic E-state index is 12.6. The SMILES string of the molecule is CC1=C(C(=O)OCC(C)C)C(c2cccc([N+](=O)[O-])c2)NC(=O)N1C. The van der Waals surface area contributed by atoms with Crippen LogP contribution in [-0.2, 0) is 9.53 Å².